The van der Waals surface area contributed by atoms with Gasteiger partial charge < -0.3 is 5.11 Å². The number of halogens is 3. The van der Waals surface area contributed by atoms with Crippen molar-refractivity contribution in [2.75, 3.05) is 13.1 Å². The third-order valence-corrected chi connectivity index (χ3v) is 3.27. The van der Waals surface area contributed by atoms with Crippen molar-refractivity contribution in [2.24, 2.45) is 0 Å². The topological polar surface area (TPSA) is 40.5 Å². The number of likely N-dealkylation sites (tertiary alicyclic amines) is 1. The van der Waals surface area contributed by atoms with Crippen LogP contribution in [-0.4, -0.2) is 40.8 Å². The van der Waals surface area contributed by atoms with Crippen molar-refractivity contribution in [1.82, 2.24) is 4.90 Å². The van der Waals surface area contributed by atoms with Gasteiger partial charge in [-0.1, -0.05) is 6.92 Å². The first-order valence-electron chi connectivity index (χ1n) is 5.37. The summed E-state index contributed by atoms with van der Waals surface area (Å²) in [5.41, 5.74) is -1.08. The molecule has 3 nitrogen and oxygen atoms in total. The van der Waals surface area contributed by atoms with E-state index in [9.17, 15) is 18.0 Å². The summed E-state index contributed by atoms with van der Waals surface area (Å²) in [5.74, 6) is -1.00. The van der Waals surface area contributed by atoms with Crippen molar-refractivity contribution < 1.29 is 23.1 Å². The molecule has 1 aliphatic heterocycles. The molecule has 1 unspecified atom stereocenters. The minimum absolute atomic E-state index is 0.219. The fourth-order valence-electron chi connectivity index (χ4n) is 2.32. The number of nitrogens with zero attached hydrogens (tertiary/aromatic N) is 1. The predicted octanol–water partition coefficient (Wildman–Crippen LogP) is 2.27. The number of hydrogen-bond acceptors (Lipinski definition) is 2. The highest BCUT2D eigenvalue weighted by Crippen LogP contribution is 2.34. The molecule has 0 aromatic carbocycles. The van der Waals surface area contributed by atoms with Crippen LogP contribution in [0, 0.1) is 0 Å². The normalized spacial score (nSPS) is 27.2. The molecule has 0 spiro atoms. The molecule has 0 saturated carbocycles. The van der Waals surface area contributed by atoms with E-state index in [1.165, 1.54) is 4.90 Å². The zero-order valence-corrected chi connectivity index (χ0v) is 9.18. The van der Waals surface area contributed by atoms with Gasteiger partial charge in [-0.05, 0) is 25.8 Å². The lowest BCUT2D eigenvalue weighted by atomic mass is 9.93. The fraction of sp³-hybridized carbons (Fsp3) is 0.900. The number of hydrogen-bond donors (Lipinski definition) is 1. The molecular formula is C10H16F3NO2. The van der Waals surface area contributed by atoms with Gasteiger partial charge in [0.25, 0.3) is 0 Å². The number of alkyl halides is 3. The molecule has 0 bridgehead atoms. The van der Waals surface area contributed by atoms with Gasteiger partial charge in [-0.2, -0.15) is 13.2 Å². The highest BCUT2D eigenvalue weighted by molar-refractivity contribution is 5.79. The van der Waals surface area contributed by atoms with Gasteiger partial charge in [-0.3, -0.25) is 9.69 Å². The maximum absolute atomic E-state index is 12.1. The van der Waals surface area contributed by atoms with Crippen molar-refractivity contribution in [2.45, 2.75) is 44.3 Å². The Hall–Kier alpha value is -0.780. The second kappa shape index (κ2) is 4.61. The van der Waals surface area contributed by atoms with Gasteiger partial charge in [0.05, 0.1) is 6.42 Å². The number of carboxylic acid groups (broad SMARTS) is 1. The van der Waals surface area contributed by atoms with E-state index < -0.39 is 24.1 Å². The monoisotopic (exact) mass is 239 g/mol. The molecule has 1 N–H and O–H groups in total. The highest BCUT2D eigenvalue weighted by atomic mass is 19.4. The Balaban J connectivity index is 2.68. The molecule has 1 saturated heterocycles. The number of carbonyl (C=O) groups is 1. The SMILES string of the molecule is CCC1(C(=O)O)CCCN1CCC(F)(F)F. The molecule has 6 heteroatoms. The van der Waals surface area contributed by atoms with Crippen LogP contribution in [0.25, 0.3) is 0 Å². The number of carboxylic acids is 1. The molecule has 0 radical (unpaired) electrons. The molecule has 16 heavy (non-hydrogen) atoms. The number of aliphatic carboxylic acids is 1. The van der Waals surface area contributed by atoms with Crippen LogP contribution in [-0.2, 0) is 4.79 Å². The van der Waals surface area contributed by atoms with Gasteiger partial charge in [0.1, 0.15) is 5.54 Å². The highest BCUT2D eigenvalue weighted by Gasteiger charge is 2.46. The average Bonchev–Trinajstić information content (AvgIpc) is 2.57. The maximum atomic E-state index is 12.1. The smallest absolute Gasteiger partial charge is 0.390 e. The van der Waals surface area contributed by atoms with Crippen molar-refractivity contribution in [3.05, 3.63) is 0 Å². The first-order valence-corrected chi connectivity index (χ1v) is 5.37. The molecule has 0 aliphatic carbocycles. The quantitative estimate of drug-likeness (QED) is 0.818. The van der Waals surface area contributed by atoms with Gasteiger partial charge in [0.2, 0.25) is 0 Å². The van der Waals surface area contributed by atoms with Gasteiger partial charge in [-0.25, -0.2) is 0 Å². The molecule has 0 aromatic heterocycles. The Morgan fingerprint density at radius 1 is 1.50 bits per heavy atom. The van der Waals surface area contributed by atoms with Crippen LogP contribution in [0.5, 0.6) is 0 Å². The molecule has 94 valence electrons. The standard InChI is InChI=1S/C10H16F3NO2/c1-2-9(8(15)16)4-3-6-14(9)7-5-10(11,12)13/h2-7H2,1H3,(H,15,16). The van der Waals surface area contributed by atoms with E-state index in [1.54, 1.807) is 6.92 Å². The van der Waals surface area contributed by atoms with E-state index in [1.807, 2.05) is 0 Å². The fourth-order valence-corrected chi connectivity index (χ4v) is 2.32. The summed E-state index contributed by atoms with van der Waals surface area (Å²) in [6.07, 6.45) is -3.72. The predicted molar refractivity (Wildman–Crippen MR) is 52.1 cm³/mol. The lowest BCUT2D eigenvalue weighted by Crippen LogP contribution is -2.50. The molecule has 1 heterocycles. The van der Waals surface area contributed by atoms with Gasteiger partial charge in [0, 0.05) is 6.54 Å². The summed E-state index contributed by atoms with van der Waals surface area (Å²) in [6.45, 7) is 1.93. The van der Waals surface area contributed by atoms with Crippen molar-refractivity contribution in [3.63, 3.8) is 0 Å². The minimum Gasteiger partial charge on any atom is -0.480 e. The number of rotatable bonds is 4. The minimum atomic E-state index is -4.22. The first-order chi connectivity index (χ1) is 7.32. The summed E-state index contributed by atoms with van der Waals surface area (Å²) in [4.78, 5) is 12.6. The van der Waals surface area contributed by atoms with Crippen LogP contribution < -0.4 is 0 Å². The van der Waals surface area contributed by atoms with Crippen molar-refractivity contribution in [3.8, 4) is 0 Å². The largest absolute Gasteiger partial charge is 0.480 e. The lowest BCUT2D eigenvalue weighted by Gasteiger charge is -2.34. The summed E-state index contributed by atoms with van der Waals surface area (Å²) in [7, 11) is 0. The van der Waals surface area contributed by atoms with Crippen LogP contribution in [0.3, 0.4) is 0 Å². The molecule has 1 atom stereocenters. The van der Waals surface area contributed by atoms with Gasteiger partial charge in [0.15, 0.2) is 0 Å². The molecule has 1 rings (SSSR count). The third-order valence-electron chi connectivity index (χ3n) is 3.27. The Kier molecular flexibility index (Phi) is 3.83. The Labute approximate surface area is 92.2 Å². The zero-order valence-electron chi connectivity index (χ0n) is 9.18. The van der Waals surface area contributed by atoms with Crippen molar-refractivity contribution in [1.29, 1.82) is 0 Å². The van der Waals surface area contributed by atoms with Gasteiger partial charge in [-0.15, -0.1) is 0 Å². The second-order valence-electron chi connectivity index (χ2n) is 4.15. The van der Waals surface area contributed by atoms with E-state index in [4.69, 9.17) is 5.11 Å². The second-order valence-corrected chi connectivity index (χ2v) is 4.15. The van der Waals surface area contributed by atoms with Crippen LogP contribution in [0.2, 0.25) is 0 Å². The summed E-state index contributed by atoms with van der Waals surface area (Å²) in [5, 5.41) is 9.14. The summed E-state index contributed by atoms with van der Waals surface area (Å²) < 4.78 is 36.3. The van der Waals surface area contributed by atoms with Crippen molar-refractivity contribution >= 4 is 5.97 Å². The van der Waals surface area contributed by atoms with E-state index in [0.29, 0.717) is 25.8 Å². The van der Waals surface area contributed by atoms with Crippen LogP contribution in [0.1, 0.15) is 32.6 Å². The Morgan fingerprint density at radius 3 is 2.56 bits per heavy atom. The first kappa shape index (κ1) is 13.3. The van der Waals surface area contributed by atoms with E-state index in [0.717, 1.165) is 0 Å². The van der Waals surface area contributed by atoms with E-state index in [-0.39, 0.29) is 6.54 Å². The maximum Gasteiger partial charge on any atom is 0.390 e. The van der Waals surface area contributed by atoms with Crippen LogP contribution >= 0.6 is 0 Å². The molecule has 0 aromatic rings. The summed E-state index contributed by atoms with van der Waals surface area (Å²) >= 11 is 0. The Bertz CT molecular complexity index is 267. The van der Waals surface area contributed by atoms with Crippen LogP contribution in [0.15, 0.2) is 0 Å². The van der Waals surface area contributed by atoms with E-state index in [2.05, 4.69) is 0 Å². The molecule has 1 fully saturated rings. The zero-order chi connectivity index (χ0) is 12.4. The average molecular weight is 239 g/mol. The lowest BCUT2D eigenvalue weighted by molar-refractivity contribution is -0.156. The van der Waals surface area contributed by atoms with E-state index >= 15 is 0 Å². The summed E-state index contributed by atoms with van der Waals surface area (Å²) in [6, 6.07) is 0. The molecule has 1 aliphatic rings. The van der Waals surface area contributed by atoms with Crippen LogP contribution in [0.4, 0.5) is 13.2 Å². The molecule has 0 amide bonds. The molecular weight excluding hydrogens is 223 g/mol. The third kappa shape index (κ3) is 2.66. The Morgan fingerprint density at radius 2 is 2.12 bits per heavy atom. The van der Waals surface area contributed by atoms with Gasteiger partial charge >= 0.3 is 12.1 Å².